The minimum Gasteiger partial charge on any atom is -0.396 e. The van der Waals surface area contributed by atoms with Crippen molar-refractivity contribution in [2.24, 2.45) is 11.1 Å². The molecule has 49 heteroatoms. The molecule has 7 aromatic rings. The number of nitrogen functional groups attached to an aromatic ring is 3. The number of benzene rings is 1. The summed E-state index contributed by atoms with van der Waals surface area (Å²) in [6.45, 7) is -3.98. The molecule has 0 spiro atoms. The SMILES string of the molecule is Nc1nc2c(ncn2[C@@H]2OC3COP(=O)(O)OC4CN(Cc5ccccc5)CC4COP(=O)(O)OC4C(COP(=O)(O)OCCCCCCO/N=C/COP(=O)(O)OC5C(COPOC3[C@H]2O)O[C@@H](n2cnc3c(N)ncnc32)[C@@H]5O)O[C@H](n2cnc3c(=O)[nH]c(N)nc32)[C@H]4O)c(=O)[nH]1. The van der Waals surface area contributed by atoms with E-state index in [2.05, 4.69) is 50.0 Å². The lowest BCUT2D eigenvalue weighted by atomic mass is 10.1. The summed E-state index contributed by atoms with van der Waals surface area (Å²) in [6, 6.07) is 8.98. The van der Waals surface area contributed by atoms with Crippen LogP contribution in [0.5, 0.6) is 0 Å². The van der Waals surface area contributed by atoms with Gasteiger partial charge in [-0.3, -0.25) is 74.3 Å². The van der Waals surface area contributed by atoms with Crippen molar-refractivity contribution in [3.63, 3.8) is 0 Å². The Bertz CT molecular complexity index is 4330. The molecule has 4 fully saturated rings. The summed E-state index contributed by atoms with van der Waals surface area (Å²) in [5.41, 5.74) is 16.4. The maximum atomic E-state index is 14.3. The van der Waals surface area contributed by atoms with E-state index in [1.165, 1.54) is 10.9 Å². The highest BCUT2D eigenvalue weighted by molar-refractivity contribution is 7.48. The largest absolute Gasteiger partial charge is 0.473 e. The zero-order valence-corrected chi connectivity index (χ0v) is 56.0. The van der Waals surface area contributed by atoms with Gasteiger partial charge in [-0.05, 0) is 24.8 Å². The Morgan fingerprint density at radius 2 is 1.08 bits per heavy atom. The lowest BCUT2D eigenvalue weighted by Gasteiger charge is -2.26. The molecule has 0 bridgehead atoms. The van der Waals surface area contributed by atoms with Gasteiger partial charge in [0.2, 0.25) is 11.9 Å². The lowest BCUT2D eigenvalue weighted by molar-refractivity contribution is -0.0535. The van der Waals surface area contributed by atoms with E-state index >= 15 is 0 Å². The molecule has 44 nitrogen and oxygen atoms in total. The number of nitrogens with zero attached hydrogens (tertiary/aromatic N) is 12. The van der Waals surface area contributed by atoms with E-state index < -0.39 is 170 Å². The number of aliphatic hydroxyl groups is 3. The highest BCUT2D eigenvalue weighted by Crippen LogP contribution is 2.54. The van der Waals surface area contributed by atoms with E-state index in [1.54, 1.807) is 23.1 Å². The quantitative estimate of drug-likeness (QED) is 0.0999. The smallest absolute Gasteiger partial charge is 0.396 e. The number of hydrogen-bond donors (Lipinski definition) is 12. The molecule has 5 aliphatic heterocycles. The van der Waals surface area contributed by atoms with Crippen LogP contribution in [0.25, 0.3) is 33.5 Å². The van der Waals surface area contributed by atoms with Gasteiger partial charge in [0, 0.05) is 25.6 Å². The number of nitrogens with two attached hydrogens (primary N) is 3. The fourth-order valence-corrected chi connectivity index (χ4v) is 15.9. The molecule has 0 saturated carbocycles. The lowest BCUT2D eigenvalue weighted by Crippen LogP contribution is -2.36. The number of phosphoric acid groups is 4. The van der Waals surface area contributed by atoms with Gasteiger partial charge >= 0.3 is 31.3 Å². The van der Waals surface area contributed by atoms with Gasteiger partial charge in [0.25, 0.3) is 11.1 Å². The molecule has 1 aromatic carbocycles. The molecule has 15 N–H and O–H groups in total. The van der Waals surface area contributed by atoms with E-state index in [0.29, 0.717) is 19.3 Å². The normalized spacial score (nSPS) is 35.9. The van der Waals surface area contributed by atoms with Crippen LogP contribution in [0, 0.1) is 5.92 Å². The summed E-state index contributed by atoms with van der Waals surface area (Å²) >= 11 is 0. The molecule has 5 aliphatic rings. The summed E-state index contributed by atoms with van der Waals surface area (Å²) in [5.74, 6) is -1.75. The van der Waals surface area contributed by atoms with Crippen LogP contribution >= 0.6 is 40.3 Å². The number of anilines is 3. The molecule has 0 radical (unpaired) electrons. The number of oxime groups is 1. The maximum Gasteiger partial charge on any atom is 0.473 e. The molecule has 13 unspecified atom stereocenters. The zero-order valence-electron chi connectivity index (χ0n) is 51.4. The van der Waals surface area contributed by atoms with Crippen molar-refractivity contribution in [3.05, 3.63) is 81.9 Å². The molecule has 540 valence electrons. The number of aromatic nitrogens is 12. The Labute approximate surface area is 558 Å². The summed E-state index contributed by atoms with van der Waals surface area (Å²) in [6.07, 6.45) is -14.2. The number of ether oxygens (including phenoxy) is 3. The summed E-state index contributed by atoms with van der Waals surface area (Å²) in [7, 11) is -22.0. The summed E-state index contributed by atoms with van der Waals surface area (Å²) in [4.78, 5) is 111. The Balaban J connectivity index is 0.799. The number of nitrogens with one attached hydrogen (secondary N) is 2. The maximum absolute atomic E-state index is 14.3. The summed E-state index contributed by atoms with van der Waals surface area (Å²) in [5, 5.41) is 39.3. The number of aromatic amines is 2. The molecule has 11 heterocycles. The molecule has 4 saturated heterocycles. The first-order valence-corrected chi connectivity index (χ1v) is 37.0. The van der Waals surface area contributed by atoms with Gasteiger partial charge < -0.3 is 80.2 Å². The van der Waals surface area contributed by atoms with Gasteiger partial charge in [-0.2, -0.15) is 9.97 Å². The second-order valence-corrected chi connectivity index (χ2v) is 29.3. The molecule has 12 rings (SSSR count). The van der Waals surface area contributed by atoms with Gasteiger partial charge in [0.15, 0.2) is 61.5 Å². The topological polar surface area (TPSA) is 604 Å². The van der Waals surface area contributed by atoms with Crippen LogP contribution in [0.1, 0.15) is 49.9 Å². The average Bonchev–Trinajstić information content (AvgIpc) is 1.63. The first kappa shape index (κ1) is 72.6. The second-order valence-electron chi connectivity index (χ2n) is 22.9. The monoisotopic (exact) mass is 1490 g/mol. The molecule has 6 aromatic heterocycles. The minimum absolute atomic E-state index is 0.0144. The third-order valence-electron chi connectivity index (χ3n) is 16.1. The standard InChI is InChI=1S/C50H68N17O27P5/c51-40-31-41(55-21-54-40)65(22-56-31)47-35(69)38-28(88-47)18-82-95-91-37-29(89-46(34(37)68)66-23-57-32-42(66)60-49(52)62-44(32)71)19-87-98(77,78)92-27-16-64(14-25-8-4-3-5-9-25)15-26(27)17-85-99(79,80)94-39-30(90-48(36(39)70)67-24-58-33-43(67)61-50(53)63-45(33)72)20-86-96(73,74)83-12-7-2-1-6-11-81-59-10-13-84-97(75,76)93-38/h3-5,8-10,21-24,26-30,34-39,46-48,68-70,95H,1-2,6-7,11-20H2,(H,73,74)(H,75,76)(H,77,78)(H,79,80)(H2,51,54,55)(H3,52,60,62,71)(H3,53,61,63,72)/b59-10+/t26?,27?,28?,29?,30?,34-,35-,36+,37?,38?,39?,46-,47-,48+/m1/s1. The van der Waals surface area contributed by atoms with Crippen molar-refractivity contribution < 1.29 is 117 Å². The first-order chi connectivity index (χ1) is 47.3. The number of fused-ring (bicyclic) bond motifs is 7. The van der Waals surface area contributed by atoms with Crippen LogP contribution in [0.3, 0.4) is 0 Å². The van der Waals surface area contributed by atoms with Gasteiger partial charge in [-0.15, -0.1) is 0 Å². The van der Waals surface area contributed by atoms with E-state index in [1.807, 2.05) is 12.1 Å². The average molecular weight is 1490 g/mol. The van der Waals surface area contributed by atoms with Gasteiger partial charge in [0.1, 0.15) is 73.4 Å². The zero-order chi connectivity index (χ0) is 70.0. The van der Waals surface area contributed by atoms with Gasteiger partial charge in [0.05, 0.1) is 70.9 Å². The Morgan fingerprint density at radius 1 is 0.556 bits per heavy atom. The third kappa shape index (κ3) is 17.2. The fourth-order valence-electron chi connectivity index (χ4n) is 11.6. The fraction of sp³-hybridized carbons (Fsp3) is 0.560. The van der Waals surface area contributed by atoms with E-state index in [-0.39, 0.29) is 90.5 Å². The molecule has 99 heavy (non-hydrogen) atoms. The predicted octanol–water partition coefficient (Wildman–Crippen LogP) is -0.127. The van der Waals surface area contributed by atoms with Gasteiger partial charge in [-0.25, -0.2) is 43.2 Å². The Hall–Kier alpha value is -6.15. The number of rotatable bonds is 5. The molecule has 0 aliphatic carbocycles. The van der Waals surface area contributed by atoms with Crippen molar-refractivity contribution in [3.8, 4) is 0 Å². The van der Waals surface area contributed by atoms with Crippen molar-refractivity contribution in [2.45, 2.75) is 112 Å². The first-order valence-electron chi connectivity index (χ1n) is 30.2. The van der Waals surface area contributed by atoms with Crippen LogP contribution in [0.15, 0.2) is 70.4 Å². The summed E-state index contributed by atoms with van der Waals surface area (Å²) < 4.78 is 133. The van der Waals surface area contributed by atoms with E-state index in [4.69, 9.17) is 81.5 Å². The highest BCUT2D eigenvalue weighted by Gasteiger charge is 2.53. The van der Waals surface area contributed by atoms with Crippen molar-refractivity contribution >= 4 is 97.7 Å². The van der Waals surface area contributed by atoms with Gasteiger partial charge in [-0.1, -0.05) is 41.9 Å². The van der Waals surface area contributed by atoms with Crippen molar-refractivity contribution in [2.75, 3.05) is 76.5 Å². The van der Waals surface area contributed by atoms with E-state index in [0.717, 1.165) is 39.9 Å². The van der Waals surface area contributed by atoms with Crippen LogP contribution in [0.4, 0.5) is 17.7 Å². The highest BCUT2D eigenvalue weighted by atomic mass is 31.2. The van der Waals surface area contributed by atoms with Crippen LogP contribution in [-0.4, -0.2) is 225 Å². The van der Waals surface area contributed by atoms with Crippen LogP contribution in [0.2, 0.25) is 0 Å². The minimum atomic E-state index is -5.43. The third-order valence-corrected chi connectivity index (χ3v) is 20.7. The van der Waals surface area contributed by atoms with E-state index in [9.17, 15) is 62.7 Å². The number of H-pyrrole nitrogens is 2. The number of imidazole rings is 3. The molecule has 19 atom stereocenters. The van der Waals surface area contributed by atoms with Crippen LogP contribution < -0.4 is 28.3 Å². The number of phosphoric ester groups is 4. The van der Waals surface area contributed by atoms with Crippen molar-refractivity contribution in [1.82, 2.24) is 63.5 Å². The number of hydrogen-bond acceptors (Lipinski definition) is 35. The number of aliphatic hydroxyl groups excluding tert-OH is 3. The number of likely N-dealkylation sites (tertiary alicyclic amines) is 1. The molecular weight excluding hydrogens is 1430 g/mol. The second kappa shape index (κ2) is 30.8. The molecular formula is C50H68N17O27P5. The van der Waals surface area contributed by atoms with Crippen molar-refractivity contribution in [1.29, 1.82) is 0 Å². The Kier molecular flexibility index (Phi) is 22.6. The molecule has 0 amide bonds. The Morgan fingerprint density at radius 3 is 1.71 bits per heavy atom. The van der Waals surface area contributed by atoms with Crippen LogP contribution in [-0.2, 0) is 89.1 Å². The predicted molar refractivity (Wildman–Crippen MR) is 336 cm³/mol.